The Morgan fingerprint density at radius 2 is 1.72 bits per heavy atom. The summed E-state index contributed by atoms with van der Waals surface area (Å²) in [4.78, 5) is 17.9. The van der Waals surface area contributed by atoms with Crippen molar-refractivity contribution in [1.29, 1.82) is 0 Å². The number of hydrogen-bond donors (Lipinski definition) is 0. The molecule has 0 N–H and O–H groups in total. The van der Waals surface area contributed by atoms with Crippen LogP contribution in [0.25, 0.3) is 0 Å². The van der Waals surface area contributed by atoms with Crippen molar-refractivity contribution in [2.24, 2.45) is 4.99 Å². The van der Waals surface area contributed by atoms with E-state index in [1.807, 2.05) is 18.2 Å². The number of carbonyl (C=O) groups excluding carboxylic acids is 1. The first-order valence-electron chi connectivity index (χ1n) is 9.19. The highest BCUT2D eigenvalue weighted by Crippen LogP contribution is 2.25. The van der Waals surface area contributed by atoms with E-state index in [4.69, 9.17) is 4.99 Å². The zero-order valence-corrected chi connectivity index (χ0v) is 15.7. The molecule has 130 valence electrons. The van der Waals surface area contributed by atoms with Crippen LogP contribution in [0.3, 0.4) is 0 Å². The predicted molar refractivity (Wildman–Crippen MR) is 105 cm³/mol. The van der Waals surface area contributed by atoms with Gasteiger partial charge in [-0.25, -0.2) is 0 Å². The molecule has 0 saturated carbocycles. The van der Waals surface area contributed by atoms with E-state index in [1.54, 1.807) is 0 Å². The lowest BCUT2D eigenvalue weighted by Crippen LogP contribution is -2.18. The van der Waals surface area contributed by atoms with Crippen molar-refractivity contribution in [3.05, 3.63) is 70.3 Å². The van der Waals surface area contributed by atoms with E-state index in [0.29, 0.717) is 0 Å². The summed E-state index contributed by atoms with van der Waals surface area (Å²) in [6, 6.07) is 14.4. The van der Waals surface area contributed by atoms with Crippen LogP contribution in [0.1, 0.15) is 66.7 Å². The molecule has 2 nitrogen and oxygen atoms in total. The van der Waals surface area contributed by atoms with Crippen LogP contribution in [0, 0.1) is 0 Å². The number of rotatable bonds is 4. The van der Waals surface area contributed by atoms with Gasteiger partial charge in [-0.1, -0.05) is 43.3 Å². The Labute approximate surface area is 151 Å². The van der Waals surface area contributed by atoms with E-state index in [2.05, 4.69) is 52.0 Å². The average molecular weight is 333 g/mol. The van der Waals surface area contributed by atoms with E-state index in [1.165, 1.54) is 5.56 Å². The Morgan fingerprint density at radius 3 is 2.44 bits per heavy atom. The first kappa shape index (κ1) is 17.6. The van der Waals surface area contributed by atoms with Gasteiger partial charge in [0.25, 0.3) is 0 Å². The number of aliphatic imine (C=N–C) groups is 1. The second-order valence-electron chi connectivity index (χ2n) is 7.67. The molecule has 0 aliphatic heterocycles. The average Bonchev–Trinajstić information content (AvgIpc) is 2.72. The van der Waals surface area contributed by atoms with Crippen LogP contribution < -0.4 is 0 Å². The molecule has 0 unspecified atom stereocenters. The van der Waals surface area contributed by atoms with Gasteiger partial charge in [0.2, 0.25) is 0 Å². The summed E-state index contributed by atoms with van der Waals surface area (Å²) in [6.07, 6.45) is 3.67. The van der Waals surface area contributed by atoms with Gasteiger partial charge in [0.05, 0.1) is 5.54 Å². The van der Waals surface area contributed by atoms with E-state index in [-0.39, 0.29) is 11.3 Å². The Balaban J connectivity index is 1.92. The maximum absolute atomic E-state index is 13.0. The summed E-state index contributed by atoms with van der Waals surface area (Å²) in [5.74, 6) is 0.161. The fourth-order valence-electron chi connectivity index (χ4n) is 3.47. The van der Waals surface area contributed by atoms with Crippen molar-refractivity contribution in [1.82, 2.24) is 0 Å². The molecule has 2 aromatic carbocycles. The summed E-state index contributed by atoms with van der Waals surface area (Å²) < 4.78 is 0. The number of aryl methyl sites for hydroxylation is 2. The van der Waals surface area contributed by atoms with Crippen molar-refractivity contribution in [2.45, 2.75) is 58.9 Å². The Morgan fingerprint density at radius 1 is 1.04 bits per heavy atom. The lowest BCUT2D eigenvalue weighted by Gasteiger charge is -2.18. The Bertz CT molecular complexity index is 830. The lowest BCUT2D eigenvalue weighted by atomic mass is 9.95. The summed E-state index contributed by atoms with van der Waals surface area (Å²) in [6.45, 7) is 8.57. The molecule has 25 heavy (non-hydrogen) atoms. The van der Waals surface area contributed by atoms with Gasteiger partial charge < -0.3 is 0 Å². The molecular weight excluding hydrogens is 306 g/mol. The zero-order valence-electron chi connectivity index (χ0n) is 15.7. The zero-order chi connectivity index (χ0) is 18.0. The molecule has 0 heterocycles. The maximum Gasteiger partial charge on any atom is 0.193 e. The molecule has 1 aliphatic rings. The van der Waals surface area contributed by atoms with Crippen molar-refractivity contribution in [3.8, 4) is 0 Å². The number of fused-ring (bicyclic) bond motifs is 2. The minimum atomic E-state index is -0.0233. The second-order valence-corrected chi connectivity index (χ2v) is 7.67. The minimum absolute atomic E-state index is 0.0233. The third kappa shape index (κ3) is 3.89. The number of benzene rings is 2. The third-order valence-electron chi connectivity index (χ3n) is 5.16. The normalized spacial score (nSPS) is 14.7. The number of carbonyl (C=O) groups is 1. The van der Waals surface area contributed by atoms with Gasteiger partial charge >= 0.3 is 0 Å². The molecule has 0 aromatic heterocycles. The highest BCUT2D eigenvalue weighted by Gasteiger charge is 2.21. The number of nitrogens with zero attached hydrogens (tertiary/aromatic N) is 1. The molecule has 0 saturated heterocycles. The second kappa shape index (κ2) is 6.95. The van der Waals surface area contributed by atoms with Crippen LogP contribution in [0.15, 0.2) is 47.5 Å². The summed E-state index contributed by atoms with van der Waals surface area (Å²) >= 11 is 0. The molecule has 0 atom stereocenters. The highest BCUT2D eigenvalue weighted by molar-refractivity contribution is 6.11. The highest BCUT2D eigenvalue weighted by atomic mass is 16.1. The fourth-order valence-corrected chi connectivity index (χ4v) is 3.47. The molecule has 0 amide bonds. The van der Waals surface area contributed by atoms with Gasteiger partial charge in [0, 0.05) is 23.3 Å². The molecule has 3 rings (SSSR count). The molecule has 2 aromatic rings. The molecule has 0 bridgehead atoms. The van der Waals surface area contributed by atoms with E-state index < -0.39 is 0 Å². The predicted octanol–water partition coefficient (Wildman–Crippen LogP) is 5.21. The summed E-state index contributed by atoms with van der Waals surface area (Å²) in [5, 5.41) is 0. The Kier molecular flexibility index (Phi) is 4.89. The van der Waals surface area contributed by atoms with E-state index in [0.717, 1.165) is 53.6 Å². The Hall–Kier alpha value is -2.22. The van der Waals surface area contributed by atoms with Crippen LogP contribution in [0.4, 0.5) is 0 Å². The van der Waals surface area contributed by atoms with Gasteiger partial charge in [0.15, 0.2) is 5.78 Å². The number of ketones is 1. The minimum Gasteiger partial charge on any atom is -0.289 e. The first-order valence-corrected chi connectivity index (χ1v) is 9.19. The summed E-state index contributed by atoms with van der Waals surface area (Å²) in [7, 11) is 0. The molecular formula is C23H27NO. The van der Waals surface area contributed by atoms with Gasteiger partial charge in [0.1, 0.15) is 0 Å². The standard InChI is InChI=1S/C23H27NO/c1-5-23(3,4)24-16(2)14-17-10-11-19-13-12-18-8-6-7-9-20(18)22(25)21(19)15-17/h6-11,15H,5,12-14H2,1-4H3. The van der Waals surface area contributed by atoms with Crippen molar-refractivity contribution < 1.29 is 4.79 Å². The monoisotopic (exact) mass is 333 g/mol. The van der Waals surface area contributed by atoms with Gasteiger partial charge in [-0.15, -0.1) is 0 Å². The fraction of sp³-hybridized carbons (Fsp3) is 0.391. The van der Waals surface area contributed by atoms with Crippen LogP contribution in [0.2, 0.25) is 0 Å². The van der Waals surface area contributed by atoms with Crippen LogP contribution >= 0.6 is 0 Å². The molecule has 0 spiro atoms. The smallest absolute Gasteiger partial charge is 0.193 e. The third-order valence-corrected chi connectivity index (χ3v) is 5.16. The molecule has 0 radical (unpaired) electrons. The number of hydrogen-bond acceptors (Lipinski definition) is 2. The maximum atomic E-state index is 13.0. The largest absolute Gasteiger partial charge is 0.289 e. The SMILES string of the molecule is CCC(C)(C)N=C(C)Cc1ccc2c(c1)C(=O)c1ccccc1CC2. The topological polar surface area (TPSA) is 29.4 Å². The molecule has 1 aliphatic carbocycles. The molecule has 2 heteroatoms. The quantitative estimate of drug-likeness (QED) is 0.706. The van der Waals surface area contributed by atoms with Gasteiger partial charge in [-0.3, -0.25) is 9.79 Å². The van der Waals surface area contributed by atoms with Crippen LogP contribution in [0.5, 0.6) is 0 Å². The van der Waals surface area contributed by atoms with Crippen molar-refractivity contribution >= 4 is 11.5 Å². The first-order chi connectivity index (χ1) is 11.9. The van der Waals surface area contributed by atoms with E-state index in [9.17, 15) is 4.79 Å². The van der Waals surface area contributed by atoms with Crippen molar-refractivity contribution in [2.75, 3.05) is 0 Å². The van der Waals surface area contributed by atoms with Gasteiger partial charge in [-0.05, 0) is 62.8 Å². The van der Waals surface area contributed by atoms with Crippen molar-refractivity contribution in [3.63, 3.8) is 0 Å². The van der Waals surface area contributed by atoms with Crippen LogP contribution in [-0.2, 0) is 19.3 Å². The van der Waals surface area contributed by atoms with Crippen LogP contribution in [-0.4, -0.2) is 17.0 Å². The van der Waals surface area contributed by atoms with E-state index >= 15 is 0 Å². The van der Waals surface area contributed by atoms with Gasteiger partial charge in [-0.2, -0.15) is 0 Å². The summed E-state index contributed by atoms with van der Waals surface area (Å²) in [5.41, 5.74) is 6.31. The lowest BCUT2D eigenvalue weighted by molar-refractivity contribution is 0.103. The molecule has 0 fully saturated rings.